The lowest BCUT2D eigenvalue weighted by Gasteiger charge is -2.42. The average molecular weight is 484 g/mol. The van der Waals surface area contributed by atoms with Crippen molar-refractivity contribution in [3.63, 3.8) is 0 Å². The summed E-state index contributed by atoms with van der Waals surface area (Å²) in [5.74, 6) is -4.03. The first kappa shape index (κ1) is 24.5. The lowest BCUT2D eigenvalue weighted by Crippen LogP contribution is -2.46. The maximum Gasteiger partial charge on any atom is 0.394 e. The number of nitrogens with zero attached hydrogens (tertiary/aromatic N) is 2. The number of nitrogens with one attached hydrogen (secondary N) is 1. The van der Waals surface area contributed by atoms with Crippen molar-refractivity contribution in [3.05, 3.63) is 51.6 Å². The van der Waals surface area contributed by atoms with Crippen molar-refractivity contribution >= 4 is 34.8 Å². The number of amides is 1. The van der Waals surface area contributed by atoms with Gasteiger partial charge in [0.15, 0.2) is 0 Å². The molecule has 1 fully saturated rings. The van der Waals surface area contributed by atoms with E-state index < -0.39 is 41.3 Å². The molecule has 0 bridgehead atoms. The normalized spacial score (nSPS) is 14.8. The number of carbonyl (C=O) groups excluding carboxylic acids is 3. The van der Waals surface area contributed by atoms with Gasteiger partial charge in [-0.1, -0.05) is 18.0 Å². The van der Waals surface area contributed by atoms with E-state index in [2.05, 4.69) is 5.32 Å². The van der Waals surface area contributed by atoms with E-state index in [0.29, 0.717) is 6.42 Å². The van der Waals surface area contributed by atoms with Gasteiger partial charge in [0.05, 0.1) is 21.6 Å². The van der Waals surface area contributed by atoms with Gasteiger partial charge in [-0.2, -0.15) is 18.4 Å². The molecule has 1 N–H and O–H groups in total. The Morgan fingerprint density at radius 1 is 1.27 bits per heavy atom. The van der Waals surface area contributed by atoms with Crippen molar-refractivity contribution < 1.29 is 31.9 Å². The van der Waals surface area contributed by atoms with Crippen LogP contribution in [0.5, 0.6) is 0 Å². The number of halogens is 5. The number of rotatable bonds is 6. The molecule has 0 spiro atoms. The van der Waals surface area contributed by atoms with Crippen LogP contribution < -0.4 is 5.32 Å². The van der Waals surface area contributed by atoms with Crippen molar-refractivity contribution in [3.8, 4) is 6.07 Å². The van der Waals surface area contributed by atoms with Gasteiger partial charge in [-0.15, -0.1) is 0 Å². The number of benzene rings is 1. The van der Waals surface area contributed by atoms with E-state index in [1.54, 1.807) is 6.07 Å². The number of anilines is 1. The predicted molar refractivity (Wildman–Crippen MR) is 111 cm³/mol. The van der Waals surface area contributed by atoms with Crippen LogP contribution in [0.4, 0.5) is 23.2 Å². The second-order valence-electron chi connectivity index (χ2n) is 8.00. The van der Waals surface area contributed by atoms with Gasteiger partial charge in [-0.25, -0.2) is 4.39 Å². The molecular weight excluding hydrogens is 466 g/mol. The predicted octanol–water partition coefficient (Wildman–Crippen LogP) is 5.12. The Morgan fingerprint density at radius 3 is 2.42 bits per heavy atom. The van der Waals surface area contributed by atoms with Crippen LogP contribution in [0, 0.1) is 29.5 Å². The average Bonchev–Trinajstić information content (AvgIpc) is 2.92. The Hall–Kier alpha value is -3.19. The summed E-state index contributed by atoms with van der Waals surface area (Å²) in [6.45, 7) is 1.40. The third-order valence-corrected chi connectivity index (χ3v) is 6.45. The fraction of sp³-hybridized carbons (Fsp3) is 0.364. The van der Waals surface area contributed by atoms with E-state index in [9.17, 15) is 31.9 Å². The Morgan fingerprint density at radius 2 is 1.91 bits per heavy atom. The van der Waals surface area contributed by atoms with Crippen molar-refractivity contribution in [2.24, 2.45) is 12.5 Å². The molecule has 33 heavy (non-hydrogen) atoms. The van der Waals surface area contributed by atoms with Crippen LogP contribution in [0.1, 0.15) is 57.8 Å². The van der Waals surface area contributed by atoms with Crippen molar-refractivity contribution in [2.45, 2.75) is 38.8 Å². The first-order chi connectivity index (χ1) is 15.3. The number of hydrogen-bond acceptors (Lipinski definition) is 4. The largest absolute Gasteiger partial charge is 0.394 e. The molecule has 6 nitrogen and oxygen atoms in total. The molecule has 1 amide bonds. The monoisotopic (exact) mass is 483 g/mol. The standard InChI is InChI=1S/C22H18ClF4N3O3/c1-11-16(19(32)15(31)9-21(6-3-7-21)22(25,26)27)17(23)18(30(11)2)20(33)29-13-4-5-14(24)12(8-13)10-28/h4-5,8H,3,6-7,9H2,1-2H3,(H,29,33). The minimum atomic E-state index is -4.61. The van der Waals surface area contributed by atoms with E-state index in [-0.39, 0.29) is 46.1 Å². The zero-order valence-corrected chi connectivity index (χ0v) is 18.3. The van der Waals surface area contributed by atoms with Gasteiger partial charge >= 0.3 is 6.18 Å². The summed E-state index contributed by atoms with van der Waals surface area (Å²) >= 11 is 6.24. The molecule has 1 aliphatic rings. The number of carbonyl (C=O) groups is 3. The van der Waals surface area contributed by atoms with Crippen molar-refractivity contribution in [2.75, 3.05) is 5.32 Å². The first-order valence-corrected chi connectivity index (χ1v) is 10.2. The van der Waals surface area contributed by atoms with Gasteiger partial charge in [-0.05, 0) is 38.0 Å². The third kappa shape index (κ3) is 4.25. The molecule has 174 valence electrons. The quantitative estimate of drug-likeness (QED) is 0.350. The highest BCUT2D eigenvalue weighted by Gasteiger charge is 2.59. The topological polar surface area (TPSA) is 92.0 Å². The second-order valence-corrected chi connectivity index (χ2v) is 8.38. The van der Waals surface area contributed by atoms with E-state index in [0.717, 1.165) is 12.1 Å². The molecule has 11 heteroatoms. The highest BCUT2D eigenvalue weighted by atomic mass is 35.5. The maximum atomic E-state index is 13.5. The second kappa shape index (κ2) is 8.63. The zero-order chi connectivity index (χ0) is 24.7. The Kier molecular flexibility index (Phi) is 6.40. The molecule has 1 aliphatic carbocycles. The summed E-state index contributed by atoms with van der Waals surface area (Å²) < 4.78 is 55.0. The van der Waals surface area contributed by atoms with Crippen LogP contribution in [-0.4, -0.2) is 28.2 Å². The van der Waals surface area contributed by atoms with Crippen LogP contribution in [0.3, 0.4) is 0 Å². The number of hydrogen-bond donors (Lipinski definition) is 1. The maximum absolute atomic E-state index is 13.5. The molecular formula is C22H18ClF4N3O3. The van der Waals surface area contributed by atoms with Gasteiger partial charge < -0.3 is 9.88 Å². The van der Waals surface area contributed by atoms with Gasteiger partial charge in [0.25, 0.3) is 5.91 Å². The number of nitriles is 1. The molecule has 0 aliphatic heterocycles. The summed E-state index contributed by atoms with van der Waals surface area (Å²) in [6.07, 6.45) is -5.74. The van der Waals surface area contributed by atoms with Crippen molar-refractivity contribution in [1.82, 2.24) is 4.57 Å². The number of ketones is 2. The Labute approximate surface area is 191 Å². The highest BCUT2D eigenvalue weighted by Crippen LogP contribution is 2.55. The number of aromatic nitrogens is 1. The summed E-state index contributed by atoms with van der Waals surface area (Å²) in [5, 5.41) is 11.0. The van der Waals surface area contributed by atoms with Gasteiger partial charge in [-0.3, -0.25) is 14.4 Å². The van der Waals surface area contributed by atoms with Crippen LogP contribution in [-0.2, 0) is 11.8 Å². The Balaban J connectivity index is 1.89. The minimum absolute atomic E-state index is 0.0777. The molecule has 2 aromatic rings. The van der Waals surface area contributed by atoms with E-state index in [1.807, 2.05) is 0 Å². The summed E-state index contributed by atoms with van der Waals surface area (Å²) in [4.78, 5) is 38.1. The molecule has 1 aromatic carbocycles. The molecule has 0 unspecified atom stereocenters. The third-order valence-electron chi connectivity index (χ3n) is 6.08. The lowest BCUT2D eigenvalue weighted by atomic mass is 9.65. The van der Waals surface area contributed by atoms with Gasteiger partial charge in [0, 0.05) is 24.8 Å². The number of Topliss-reactive ketones (excluding diaryl/α,β-unsaturated/α-hetero) is 2. The first-order valence-electron chi connectivity index (χ1n) is 9.83. The van der Waals surface area contributed by atoms with Crippen LogP contribution in [0.2, 0.25) is 5.02 Å². The molecule has 1 aromatic heterocycles. The highest BCUT2D eigenvalue weighted by molar-refractivity contribution is 6.49. The molecule has 1 heterocycles. The minimum Gasteiger partial charge on any atom is -0.342 e. The summed E-state index contributed by atoms with van der Waals surface area (Å²) in [6, 6.07) is 4.92. The van der Waals surface area contributed by atoms with E-state index in [1.165, 1.54) is 24.6 Å². The van der Waals surface area contributed by atoms with Crippen LogP contribution in [0.25, 0.3) is 0 Å². The fourth-order valence-electron chi connectivity index (χ4n) is 3.85. The number of alkyl halides is 3. The summed E-state index contributed by atoms with van der Waals surface area (Å²) in [5.41, 5.74) is -2.89. The van der Waals surface area contributed by atoms with Gasteiger partial charge in [0.1, 0.15) is 17.6 Å². The fourth-order valence-corrected chi connectivity index (χ4v) is 4.28. The smallest absolute Gasteiger partial charge is 0.342 e. The van der Waals surface area contributed by atoms with Crippen LogP contribution in [0.15, 0.2) is 18.2 Å². The lowest BCUT2D eigenvalue weighted by molar-refractivity contribution is -0.251. The van der Waals surface area contributed by atoms with Crippen LogP contribution >= 0.6 is 11.6 Å². The van der Waals surface area contributed by atoms with Gasteiger partial charge in [0.2, 0.25) is 11.6 Å². The van der Waals surface area contributed by atoms with E-state index >= 15 is 0 Å². The SMILES string of the molecule is Cc1c(C(=O)C(=O)CC2(C(F)(F)F)CCC2)c(Cl)c(C(=O)Nc2ccc(F)c(C#N)c2)n1C. The Bertz CT molecular complexity index is 1210. The summed E-state index contributed by atoms with van der Waals surface area (Å²) in [7, 11) is 1.39. The molecule has 0 saturated heterocycles. The molecule has 0 radical (unpaired) electrons. The molecule has 1 saturated carbocycles. The van der Waals surface area contributed by atoms with E-state index in [4.69, 9.17) is 16.9 Å². The zero-order valence-electron chi connectivity index (χ0n) is 17.6. The molecule has 0 atom stereocenters. The van der Waals surface area contributed by atoms with Crippen molar-refractivity contribution in [1.29, 1.82) is 5.26 Å². The molecule has 3 rings (SSSR count).